The van der Waals surface area contributed by atoms with Crippen LogP contribution < -0.4 is 0 Å². The molecule has 12 aromatic carbocycles. The predicted octanol–water partition coefficient (Wildman–Crippen LogP) is 39.0. The van der Waals surface area contributed by atoms with Gasteiger partial charge in [-0.2, -0.15) is 0 Å². The van der Waals surface area contributed by atoms with Gasteiger partial charge in [-0.05, 0) is 199 Å². The molecule has 0 fully saturated rings. The van der Waals surface area contributed by atoms with E-state index < -0.39 is 0 Å². The van der Waals surface area contributed by atoms with E-state index in [0.717, 1.165) is 101 Å². The van der Waals surface area contributed by atoms with Crippen LogP contribution in [0.4, 0.5) is 34.1 Å². The molecule has 133 heavy (non-hydrogen) atoms. The molecule has 0 saturated carbocycles. The van der Waals surface area contributed by atoms with Crippen LogP contribution in [0.5, 0.6) is 0 Å². The van der Waals surface area contributed by atoms with Gasteiger partial charge in [-0.3, -0.25) is 0 Å². The Balaban J connectivity index is 0.000000245. The molecule has 0 aliphatic carbocycles. The Morgan fingerprint density at radius 1 is 0.128 bits per heavy atom. The zero-order valence-corrected chi connectivity index (χ0v) is 89.3. The molecule has 0 N–H and O–H groups in total. The maximum atomic E-state index is 7.69. The van der Waals surface area contributed by atoms with Crippen LogP contribution in [0.1, 0.15) is 316 Å². The van der Waals surface area contributed by atoms with Crippen LogP contribution in [0.15, 0.2) is 255 Å². The summed E-state index contributed by atoms with van der Waals surface area (Å²) in [6.45, 7) is 125. The van der Waals surface area contributed by atoms with E-state index in [4.69, 9.17) is 39.4 Å². The molecule has 0 unspecified atom stereocenters. The first kappa shape index (κ1) is 110. The molecule has 6 nitrogen and oxygen atoms in total. The van der Waals surface area contributed by atoms with Crippen LogP contribution in [0.3, 0.4) is 0 Å². The van der Waals surface area contributed by atoms with Gasteiger partial charge in [0.2, 0.25) is 0 Å². The number of rotatable bonds is 6. The normalized spacial score (nSPS) is 12.0. The molecule has 0 amide bonds. The fraction of sp³-hybridized carbons (Fsp3) is 0.381. The largest absolute Gasteiger partial charge is 0.238 e. The third-order valence-corrected chi connectivity index (χ3v) is 23.7. The van der Waals surface area contributed by atoms with E-state index in [1.54, 1.807) is 0 Å². The van der Waals surface area contributed by atoms with Crippen LogP contribution in [0.25, 0.3) is 95.8 Å². The van der Waals surface area contributed by atoms with Crippen molar-refractivity contribution in [3.8, 4) is 66.8 Å². The third kappa shape index (κ3) is 29.1. The summed E-state index contributed by atoms with van der Waals surface area (Å²) in [5.74, 6) is 0. The molecule has 690 valence electrons. The fourth-order valence-corrected chi connectivity index (χ4v) is 16.2. The molecule has 0 aliphatic rings. The van der Waals surface area contributed by atoms with E-state index in [-0.39, 0.29) is 86.0 Å². The van der Waals surface area contributed by atoms with Crippen molar-refractivity contribution in [3.63, 3.8) is 0 Å². The second-order valence-electron chi connectivity index (χ2n) is 47.4. The minimum atomic E-state index is -0.0509. The standard InChI is InChI=1S/6C21H25N.Mo/c6*1-20(2,3)17-13-16(15-11-9-8-10-12-15)14-18(19(17)22-7)21(4,5)6;/h6*8-14H,1-6H3;. The summed E-state index contributed by atoms with van der Waals surface area (Å²) in [6, 6.07) is 88.8. The molecule has 12 aromatic rings. The molecule has 0 aromatic heterocycles. The van der Waals surface area contributed by atoms with Gasteiger partial charge in [0.1, 0.15) is 0 Å². The van der Waals surface area contributed by atoms with E-state index in [9.17, 15) is 0 Å². The topological polar surface area (TPSA) is 26.2 Å². The second-order valence-corrected chi connectivity index (χ2v) is 47.4. The van der Waals surface area contributed by atoms with Crippen molar-refractivity contribution in [2.24, 2.45) is 0 Å². The second kappa shape index (κ2) is 43.5. The molecule has 12 rings (SSSR count). The Kier molecular flexibility index (Phi) is 36.0. The summed E-state index contributed by atoms with van der Waals surface area (Å²) in [5.41, 5.74) is 32.3. The summed E-state index contributed by atoms with van der Waals surface area (Å²) in [6.07, 6.45) is 0. The van der Waals surface area contributed by atoms with Gasteiger partial charge in [-0.1, -0.05) is 504 Å². The average Bonchev–Trinajstić information content (AvgIpc) is 0.796. The SMILES string of the molecule is [C-]#[N+]c1c(C(C)(C)C)cc(-c2ccccc2)cc1C(C)(C)C.[C-]#[N+]c1c(C(C)(C)C)cc(-c2ccccc2)cc1C(C)(C)C.[C-]#[N+]c1c(C(C)(C)C)cc(-c2ccccc2)cc1C(C)(C)C.[C-]#[N+]c1c(C(C)(C)C)cc(-c2ccccc2)cc1C(C)(C)C.[C-]#[N+]c1c(C(C)(C)C)cc(-c2ccccc2)cc1C(C)(C)C.[C-]#[N+]c1c(C(C)(C)C)cc(-c2ccccc2)cc1C(C)(C)C.[Mo]. The zero-order chi connectivity index (χ0) is 99.3. The van der Waals surface area contributed by atoms with Crippen LogP contribution >= 0.6 is 0 Å². The van der Waals surface area contributed by atoms with Crippen LogP contribution in [0, 0.1) is 39.4 Å². The summed E-state index contributed by atoms with van der Waals surface area (Å²) in [7, 11) is 0. The van der Waals surface area contributed by atoms with E-state index in [1.807, 2.05) is 36.4 Å². The molecule has 0 heterocycles. The molecular weight excluding hydrogens is 1690 g/mol. The van der Waals surface area contributed by atoms with E-state index >= 15 is 0 Å². The Hall–Kier alpha value is -11.7. The fourth-order valence-electron chi connectivity index (χ4n) is 16.2. The van der Waals surface area contributed by atoms with Crippen molar-refractivity contribution in [1.29, 1.82) is 0 Å². The first-order chi connectivity index (χ1) is 60.9. The number of benzene rings is 12. The summed E-state index contributed by atoms with van der Waals surface area (Å²) < 4.78 is 0. The number of hydrogen-bond donors (Lipinski definition) is 0. The Labute approximate surface area is 820 Å². The molecule has 0 radical (unpaired) electrons. The maximum Gasteiger partial charge on any atom is 0.194 e. The van der Waals surface area contributed by atoms with Crippen LogP contribution in [-0.4, -0.2) is 0 Å². The Morgan fingerprint density at radius 3 is 0.263 bits per heavy atom. The molecule has 0 spiro atoms. The molecule has 7 heteroatoms. The smallest absolute Gasteiger partial charge is 0.194 e. The van der Waals surface area contributed by atoms with Crippen molar-refractivity contribution in [3.05, 3.63) is 390 Å². The minimum absolute atomic E-state index is 0. The Morgan fingerprint density at radius 2 is 0.203 bits per heavy atom. The maximum absolute atomic E-state index is 7.69. The third-order valence-electron chi connectivity index (χ3n) is 23.7. The monoisotopic (exact) mass is 1850 g/mol. The van der Waals surface area contributed by atoms with Gasteiger partial charge in [-0.25, -0.2) is 29.1 Å². The first-order valence-electron chi connectivity index (χ1n) is 46.6. The number of hydrogen-bond acceptors (Lipinski definition) is 0. The van der Waals surface area contributed by atoms with Crippen molar-refractivity contribution >= 4 is 34.1 Å². The summed E-state index contributed by atoms with van der Waals surface area (Å²) in [5, 5.41) is 0. The van der Waals surface area contributed by atoms with Gasteiger partial charge in [0.25, 0.3) is 0 Å². The van der Waals surface area contributed by atoms with Crippen LogP contribution in [-0.2, 0) is 86.0 Å². The van der Waals surface area contributed by atoms with Crippen molar-refractivity contribution < 1.29 is 21.1 Å². The van der Waals surface area contributed by atoms with E-state index in [1.165, 1.54) is 66.8 Å². The zero-order valence-electron chi connectivity index (χ0n) is 87.3. The van der Waals surface area contributed by atoms with Gasteiger partial charge >= 0.3 is 0 Å². The van der Waals surface area contributed by atoms with Gasteiger partial charge in [0, 0.05) is 21.1 Å². The molecule has 0 saturated heterocycles. The van der Waals surface area contributed by atoms with Crippen molar-refractivity contribution in [1.82, 2.24) is 0 Å². The quantitative estimate of drug-likeness (QED) is 0.117. The summed E-state index contributed by atoms with van der Waals surface area (Å²) in [4.78, 5) is 23.3. The molecular formula is C126H150MoN6. The van der Waals surface area contributed by atoms with Gasteiger partial charge in [-0.15, -0.1) is 0 Å². The first-order valence-corrected chi connectivity index (χ1v) is 46.6. The van der Waals surface area contributed by atoms with Crippen molar-refractivity contribution in [2.75, 3.05) is 0 Å². The van der Waals surface area contributed by atoms with Gasteiger partial charge in [0.05, 0.1) is 39.4 Å². The minimum Gasteiger partial charge on any atom is -0.238 e. The summed E-state index contributed by atoms with van der Waals surface area (Å²) >= 11 is 0. The molecule has 0 aliphatic heterocycles. The van der Waals surface area contributed by atoms with E-state index in [2.05, 4.69) is 497 Å². The van der Waals surface area contributed by atoms with E-state index in [0.29, 0.717) is 0 Å². The Bertz CT molecular complexity index is 5020. The van der Waals surface area contributed by atoms with Gasteiger partial charge < -0.3 is 0 Å². The predicted molar refractivity (Wildman–Crippen MR) is 573 cm³/mol. The molecule has 0 atom stereocenters. The van der Waals surface area contributed by atoms with Crippen LogP contribution in [0.2, 0.25) is 0 Å². The van der Waals surface area contributed by atoms with Gasteiger partial charge in [0.15, 0.2) is 34.1 Å². The molecule has 0 bridgehead atoms. The number of nitrogens with zero attached hydrogens (tertiary/aromatic N) is 6. The van der Waals surface area contributed by atoms with Crippen molar-refractivity contribution in [2.45, 2.75) is 314 Å². The average molecular weight is 1840 g/mol.